The van der Waals surface area contributed by atoms with Gasteiger partial charge in [0, 0.05) is 12.5 Å². The van der Waals surface area contributed by atoms with Crippen LogP contribution in [0.3, 0.4) is 0 Å². The van der Waals surface area contributed by atoms with Gasteiger partial charge in [0.2, 0.25) is 0 Å². The number of hydrogen-bond acceptors (Lipinski definition) is 1. The number of hydrogen-bond donors (Lipinski definition) is 0. The van der Waals surface area contributed by atoms with Gasteiger partial charge < -0.3 is 4.74 Å². The van der Waals surface area contributed by atoms with Crippen molar-refractivity contribution in [3.05, 3.63) is 112 Å². The van der Waals surface area contributed by atoms with Crippen molar-refractivity contribution in [3.63, 3.8) is 0 Å². The van der Waals surface area contributed by atoms with Crippen LogP contribution >= 0.6 is 0 Å². The van der Waals surface area contributed by atoms with Crippen molar-refractivity contribution in [2.45, 2.75) is 32.1 Å². The Morgan fingerprint density at radius 2 is 1.13 bits per heavy atom. The first-order valence-electron chi connectivity index (χ1n) is 11.0. The van der Waals surface area contributed by atoms with Crippen molar-refractivity contribution in [2.24, 2.45) is 0 Å². The third-order valence-electron chi connectivity index (χ3n) is 5.85. The van der Waals surface area contributed by atoms with Crippen LogP contribution in [0.5, 0.6) is 0 Å². The molecular formula is C27H16F10O. The van der Waals surface area contributed by atoms with E-state index in [1.807, 2.05) is 0 Å². The molecule has 1 nitrogen and oxygen atoms in total. The fraction of sp³-hybridized carbons (Fsp3) is 0.185. The lowest BCUT2D eigenvalue weighted by atomic mass is 9.94. The van der Waals surface area contributed by atoms with Gasteiger partial charge in [-0.05, 0) is 59.9 Å². The number of alkyl halides is 5. The van der Waals surface area contributed by atoms with Crippen molar-refractivity contribution in [2.75, 3.05) is 0 Å². The van der Waals surface area contributed by atoms with Gasteiger partial charge >= 0.3 is 12.3 Å². The minimum absolute atomic E-state index is 0.00828. The van der Waals surface area contributed by atoms with E-state index in [0.29, 0.717) is 23.8 Å². The lowest BCUT2D eigenvalue weighted by Crippen LogP contribution is -2.22. The molecule has 4 rings (SSSR count). The van der Waals surface area contributed by atoms with Crippen LogP contribution in [0, 0.1) is 30.2 Å². The molecule has 0 heterocycles. The van der Waals surface area contributed by atoms with Gasteiger partial charge in [0.15, 0.2) is 0 Å². The second-order valence-electron chi connectivity index (χ2n) is 8.55. The highest BCUT2D eigenvalue weighted by atomic mass is 19.4. The molecule has 0 aliphatic heterocycles. The summed E-state index contributed by atoms with van der Waals surface area (Å²) in [5.41, 5.74) is -3.68. The Morgan fingerprint density at radius 1 is 0.632 bits per heavy atom. The Bertz CT molecular complexity index is 1400. The SMILES string of the molecule is Cc1ccc(-c2cc(F)c(C(F)(F)OC3=CC(F)=C(c4cc(F)c(C(F)(F)F)c(F)c4)CC3)c(F)c2)cc1. The average molecular weight is 546 g/mol. The van der Waals surface area contributed by atoms with Crippen molar-refractivity contribution < 1.29 is 48.6 Å². The van der Waals surface area contributed by atoms with Gasteiger partial charge in [-0.3, -0.25) is 0 Å². The van der Waals surface area contributed by atoms with E-state index in [9.17, 15) is 43.9 Å². The molecule has 38 heavy (non-hydrogen) atoms. The maximum absolute atomic E-state index is 14.8. The van der Waals surface area contributed by atoms with Crippen LogP contribution in [0.2, 0.25) is 0 Å². The highest BCUT2D eigenvalue weighted by Crippen LogP contribution is 2.42. The molecule has 11 heteroatoms. The van der Waals surface area contributed by atoms with Crippen LogP contribution in [0.25, 0.3) is 16.7 Å². The molecule has 0 saturated carbocycles. The summed E-state index contributed by atoms with van der Waals surface area (Å²) >= 11 is 0. The number of halogens is 10. The minimum atomic E-state index is -5.33. The Hall–Kier alpha value is -3.76. The van der Waals surface area contributed by atoms with Gasteiger partial charge in [0.25, 0.3) is 0 Å². The van der Waals surface area contributed by atoms with E-state index in [-0.39, 0.29) is 17.7 Å². The Balaban J connectivity index is 1.62. The first kappa shape index (κ1) is 27.3. The van der Waals surface area contributed by atoms with E-state index in [0.717, 1.165) is 5.56 Å². The van der Waals surface area contributed by atoms with Gasteiger partial charge in [-0.2, -0.15) is 22.0 Å². The smallest absolute Gasteiger partial charge is 0.432 e. The summed E-state index contributed by atoms with van der Waals surface area (Å²) in [4.78, 5) is 0. The van der Waals surface area contributed by atoms with Gasteiger partial charge in [0.05, 0.1) is 0 Å². The summed E-state index contributed by atoms with van der Waals surface area (Å²) in [5.74, 6) is -9.26. The molecule has 3 aromatic carbocycles. The molecule has 0 amide bonds. The molecule has 0 fully saturated rings. The highest BCUT2D eigenvalue weighted by molar-refractivity contribution is 5.71. The zero-order valence-corrected chi connectivity index (χ0v) is 19.3. The van der Waals surface area contributed by atoms with Crippen molar-refractivity contribution in [1.82, 2.24) is 0 Å². The normalized spacial score (nSPS) is 14.6. The van der Waals surface area contributed by atoms with Gasteiger partial charge in [0.1, 0.15) is 46.0 Å². The van der Waals surface area contributed by atoms with Gasteiger partial charge in [-0.1, -0.05) is 29.8 Å². The lowest BCUT2D eigenvalue weighted by Gasteiger charge is -2.24. The molecule has 3 aromatic rings. The molecule has 0 unspecified atom stereocenters. The van der Waals surface area contributed by atoms with Gasteiger partial charge in [-0.15, -0.1) is 0 Å². The zero-order chi connectivity index (χ0) is 28.0. The first-order chi connectivity index (χ1) is 17.7. The number of allylic oxidation sites excluding steroid dienone is 4. The Morgan fingerprint density at radius 3 is 1.63 bits per heavy atom. The van der Waals surface area contributed by atoms with E-state index in [2.05, 4.69) is 4.74 Å². The second kappa shape index (κ2) is 9.85. The molecular weight excluding hydrogens is 530 g/mol. The summed E-state index contributed by atoms with van der Waals surface area (Å²) < 4.78 is 144. The number of rotatable bonds is 5. The summed E-state index contributed by atoms with van der Waals surface area (Å²) in [7, 11) is 0. The second-order valence-corrected chi connectivity index (χ2v) is 8.55. The van der Waals surface area contributed by atoms with Crippen molar-refractivity contribution >= 4 is 5.57 Å². The summed E-state index contributed by atoms with van der Waals surface area (Å²) in [6, 6.07) is 8.36. The van der Waals surface area contributed by atoms with Crippen LogP contribution in [-0.4, -0.2) is 0 Å². The molecule has 0 spiro atoms. The molecule has 0 atom stereocenters. The van der Waals surface area contributed by atoms with Crippen LogP contribution in [0.1, 0.15) is 35.1 Å². The fourth-order valence-electron chi connectivity index (χ4n) is 4.03. The van der Waals surface area contributed by atoms with E-state index in [1.165, 1.54) is 0 Å². The predicted molar refractivity (Wildman–Crippen MR) is 118 cm³/mol. The average Bonchev–Trinajstić information content (AvgIpc) is 2.77. The molecule has 0 aromatic heterocycles. The van der Waals surface area contributed by atoms with Crippen LogP contribution in [0.15, 0.2) is 66.2 Å². The number of benzene rings is 3. The first-order valence-corrected chi connectivity index (χ1v) is 11.0. The lowest BCUT2D eigenvalue weighted by molar-refractivity contribution is -0.229. The number of aryl methyl sites for hydroxylation is 1. The van der Waals surface area contributed by atoms with Crippen molar-refractivity contribution in [1.29, 1.82) is 0 Å². The Kier molecular flexibility index (Phi) is 7.07. The molecule has 1 aliphatic rings. The highest BCUT2D eigenvalue weighted by Gasteiger charge is 2.42. The van der Waals surface area contributed by atoms with E-state index in [1.54, 1.807) is 31.2 Å². The quantitative estimate of drug-likeness (QED) is 0.290. The van der Waals surface area contributed by atoms with E-state index in [4.69, 9.17) is 0 Å². The molecule has 0 radical (unpaired) electrons. The fourth-order valence-corrected chi connectivity index (χ4v) is 4.03. The predicted octanol–water partition coefficient (Wildman–Crippen LogP) is 9.36. The third kappa shape index (κ3) is 5.41. The van der Waals surface area contributed by atoms with E-state index < -0.39 is 82.2 Å². The molecule has 0 saturated heterocycles. The molecule has 0 N–H and O–H groups in total. The molecule has 0 bridgehead atoms. The standard InChI is InChI=1S/C27H16F10O/c1-13-2-4-14(5-3-13)15-8-22(31)25(23(32)9-15)27(36,37)38-17-6-7-18(19(28)12-17)16-10-20(29)24(21(30)11-16)26(33,34)35/h2-5,8-12H,6-7H2,1H3. The third-order valence-corrected chi connectivity index (χ3v) is 5.85. The zero-order valence-electron chi connectivity index (χ0n) is 19.3. The van der Waals surface area contributed by atoms with E-state index >= 15 is 0 Å². The van der Waals surface area contributed by atoms with Crippen LogP contribution in [0.4, 0.5) is 43.9 Å². The molecule has 200 valence electrons. The Labute approximate surface area is 209 Å². The minimum Gasteiger partial charge on any atom is -0.433 e. The maximum atomic E-state index is 14.8. The topological polar surface area (TPSA) is 9.23 Å². The van der Waals surface area contributed by atoms with Crippen molar-refractivity contribution in [3.8, 4) is 11.1 Å². The summed E-state index contributed by atoms with van der Waals surface area (Å²) in [6.07, 6.45) is -10.5. The van der Waals surface area contributed by atoms with Crippen LogP contribution in [-0.2, 0) is 17.0 Å². The largest absolute Gasteiger partial charge is 0.433 e. The monoisotopic (exact) mass is 546 g/mol. The maximum Gasteiger partial charge on any atom is 0.432 e. The number of ether oxygens (including phenoxy) is 1. The summed E-state index contributed by atoms with van der Waals surface area (Å²) in [6.45, 7) is 1.78. The summed E-state index contributed by atoms with van der Waals surface area (Å²) in [5, 5.41) is 0. The molecule has 1 aliphatic carbocycles. The van der Waals surface area contributed by atoms with Gasteiger partial charge in [-0.25, -0.2) is 22.0 Å². The van der Waals surface area contributed by atoms with Crippen LogP contribution < -0.4 is 0 Å².